The number of fused-ring (bicyclic) bond motifs is 1. The van der Waals surface area contributed by atoms with Gasteiger partial charge >= 0.3 is 6.61 Å². The van der Waals surface area contributed by atoms with E-state index in [9.17, 15) is 17.6 Å². The molecule has 5 unspecified atom stereocenters. The first-order valence-electron chi connectivity index (χ1n) is 11.0. The van der Waals surface area contributed by atoms with Crippen molar-refractivity contribution in [3.63, 3.8) is 0 Å². The molecule has 32 heavy (non-hydrogen) atoms. The van der Waals surface area contributed by atoms with Crippen LogP contribution < -0.4 is 15.8 Å². The summed E-state index contributed by atoms with van der Waals surface area (Å²) in [6, 6.07) is 3.67. The Bertz CT molecular complexity index is 968. The summed E-state index contributed by atoms with van der Waals surface area (Å²) >= 11 is 0. The maximum atomic E-state index is 12.7. The summed E-state index contributed by atoms with van der Waals surface area (Å²) in [6.07, 6.45) is 1.72. The summed E-state index contributed by atoms with van der Waals surface area (Å²) in [4.78, 5) is 3.99. The van der Waals surface area contributed by atoms with Gasteiger partial charge in [-0.1, -0.05) is 13.8 Å². The van der Waals surface area contributed by atoms with E-state index in [0.29, 0.717) is 17.2 Å². The van der Waals surface area contributed by atoms with Crippen LogP contribution in [0.1, 0.15) is 57.7 Å². The molecule has 2 aliphatic rings. The quantitative estimate of drug-likeness (QED) is 0.530. The fourth-order valence-corrected chi connectivity index (χ4v) is 5.31. The van der Waals surface area contributed by atoms with Crippen LogP contribution in [0.2, 0.25) is 0 Å². The molecule has 2 heterocycles. The summed E-state index contributed by atoms with van der Waals surface area (Å²) in [5, 5.41) is 7.76. The molecule has 0 saturated heterocycles. The molecule has 0 spiro atoms. The second kappa shape index (κ2) is 8.53. The number of nitrogens with one attached hydrogen (secondary N) is 1. The molecule has 0 amide bonds. The van der Waals surface area contributed by atoms with Gasteiger partial charge in [-0.05, 0) is 49.7 Å². The predicted octanol–water partition coefficient (Wildman–Crippen LogP) is 4.84. The molecule has 0 radical (unpaired) electrons. The van der Waals surface area contributed by atoms with Gasteiger partial charge in [-0.15, -0.1) is 0 Å². The third kappa shape index (κ3) is 4.16. The minimum absolute atomic E-state index is 0.0334. The molecule has 10 heteroatoms. The molecule has 4 rings (SSSR count). The Hall–Kier alpha value is -2.36. The highest BCUT2D eigenvalue weighted by Crippen LogP contribution is 2.73. The van der Waals surface area contributed by atoms with Gasteiger partial charge in [0.2, 0.25) is 0 Å². The van der Waals surface area contributed by atoms with Gasteiger partial charge in [0.25, 0.3) is 6.43 Å². The SMILES string of the molecule is CCC(C)n1nc(-c2cnc(N)c(OC(F)F)c2)cc1C1C2CC(NCC(F)F)CC21C. The molecule has 0 aliphatic heterocycles. The van der Waals surface area contributed by atoms with Gasteiger partial charge in [0.15, 0.2) is 11.6 Å². The van der Waals surface area contributed by atoms with Crippen LogP contribution in [0.5, 0.6) is 5.75 Å². The van der Waals surface area contributed by atoms with Crippen molar-refractivity contribution in [2.75, 3.05) is 12.3 Å². The van der Waals surface area contributed by atoms with Crippen LogP contribution in [0.15, 0.2) is 18.3 Å². The topological polar surface area (TPSA) is 78.0 Å². The monoisotopic (exact) mass is 455 g/mol. The first-order chi connectivity index (χ1) is 15.1. The van der Waals surface area contributed by atoms with Crippen LogP contribution in [-0.4, -0.2) is 40.4 Å². The van der Waals surface area contributed by atoms with Gasteiger partial charge in [0.05, 0.1) is 12.2 Å². The standard InChI is InChI=1S/C22H29F4N5O/c1-4-11(2)31-16(19-14-6-13(8-22(14,19)3)28-10-18(23)24)7-15(30-31)12-5-17(32-21(25)26)20(27)29-9-12/h5,7,9,11,13-14,18-19,21,28H,4,6,8,10H2,1-3H3,(H2,27,29). The fraction of sp³-hybridized carbons (Fsp3) is 0.636. The number of nitrogens with zero attached hydrogens (tertiary/aromatic N) is 3. The van der Waals surface area contributed by atoms with E-state index in [2.05, 4.69) is 35.8 Å². The van der Waals surface area contributed by atoms with Gasteiger partial charge in [-0.2, -0.15) is 13.9 Å². The van der Waals surface area contributed by atoms with Crippen LogP contribution in [0.4, 0.5) is 23.4 Å². The van der Waals surface area contributed by atoms with Crippen LogP contribution >= 0.6 is 0 Å². The van der Waals surface area contributed by atoms with Crippen LogP contribution in [0.3, 0.4) is 0 Å². The third-order valence-corrected chi connectivity index (χ3v) is 7.12. The number of aromatic nitrogens is 3. The molecule has 0 aromatic carbocycles. The lowest BCUT2D eigenvalue weighted by Crippen LogP contribution is -2.33. The molecule has 2 aliphatic carbocycles. The first-order valence-corrected chi connectivity index (χ1v) is 11.0. The van der Waals surface area contributed by atoms with Crippen LogP contribution in [0.25, 0.3) is 11.3 Å². The van der Waals surface area contributed by atoms with Gasteiger partial charge in [0, 0.05) is 35.5 Å². The largest absolute Gasteiger partial charge is 0.431 e. The highest BCUT2D eigenvalue weighted by Gasteiger charge is 2.67. The summed E-state index contributed by atoms with van der Waals surface area (Å²) in [5.74, 6) is 0.385. The van der Waals surface area contributed by atoms with E-state index in [1.165, 1.54) is 12.3 Å². The Labute approximate surface area is 184 Å². The number of hydrogen-bond acceptors (Lipinski definition) is 5. The Morgan fingerprint density at radius 2 is 2.06 bits per heavy atom. The van der Waals surface area contributed by atoms with Crippen molar-refractivity contribution in [2.24, 2.45) is 11.3 Å². The number of alkyl halides is 4. The zero-order chi connectivity index (χ0) is 23.2. The van der Waals surface area contributed by atoms with Gasteiger partial charge < -0.3 is 15.8 Å². The number of pyridine rings is 1. The lowest BCUT2D eigenvalue weighted by atomic mass is 9.96. The van der Waals surface area contributed by atoms with E-state index in [0.717, 1.165) is 25.0 Å². The number of rotatable bonds is 9. The zero-order valence-electron chi connectivity index (χ0n) is 18.4. The maximum absolute atomic E-state index is 12.7. The Kier molecular flexibility index (Phi) is 6.08. The molecule has 5 atom stereocenters. The van der Waals surface area contributed by atoms with E-state index >= 15 is 0 Å². The Morgan fingerprint density at radius 3 is 2.66 bits per heavy atom. The normalized spacial score (nSPS) is 27.7. The fourth-order valence-electron chi connectivity index (χ4n) is 5.31. The third-order valence-electron chi connectivity index (χ3n) is 7.12. The summed E-state index contributed by atoms with van der Waals surface area (Å²) < 4.78 is 57.0. The second-order valence-corrected chi connectivity index (χ2v) is 9.17. The van der Waals surface area contributed by atoms with Crippen molar-refractivity contribution in [3.8, 4) is 17.0 Å². The first kappa shape index (κ1) is 22.8. The van der Waals surface area contributed by atoms with E-state index in [1.54, 1.807) is 0 Å². The van der Waals surface area contributed by atoms with E-state index in [-0.39, 0.29) is 41.5 Å². The molecule has 0 bridgehead atoms. The maximum Gasteiger partial charge on any atom is 0.387 e. The summed E-state index contributed by atoms with van der Waals surface area (Å²) in [5.41, 5.74) is 7.95. The second-order valence-electron chi connectivity index (χ2n) is 9.17. The minimum Gasteiger partial charge on any atom is -0.431 e. The smallest absolute Gasteiger partial charge is 0.387 e. The zero-order valence-corrected chi connectivity index (χ0v) is 18.4. The van der Waals surface area contributed by atoms with Crippen molar-refractivity contribution >= 4 is 5.82 Å². The molecule has 2 aromatic rings. The number of ether oxygens (including phenoxy) is 1. The highest BCUT2D eigenvalue weighted by atomic mass is 19.3. The molecular weight excluding hydrogens is 426 g/mol. The van der Waals surface area contributed by atoms with E-state index in [4.69, 9.17) is 10.8 Å². The molecule has 2 fully saturated rings. The minimum atomic E-state index is -3.00. The summed E-state index contributed by atoms with van der Waals surface area (Å²) in [7, 11) is 0. The molecular formula is C22H29F4N5O. The number of nitrogen functional groups attached to an aromatic ring is 1. The average Bonchev–Trinajstić information content (AvgIpc) is 3.05. The molecule has 3 N–H and O–H groups in total. The molecule has 6 nitrogen and oxygen atoms in total. The number of hydrogen-bond donors (Lipinski definition) is 2. The van der Waals surface area contributed by atoms with Gasteiger partial charge in [-0.25, -0.2) is 13.8 Å². The number of nitrogens with two attached hydrogens (primary N) is 1. The van der Waals surface area contributed by atoms with Crippen molar-refractivity contribution in [1.82, 2.24) is 20.1 Å². The number of anilines is 1. The molecule has 176 valence electrons. The average molecular weight is 456 g/mol. The number of halogens is 4. The van der Waals surface area contributed by atoms with Gasteiger partial charge in [0.1, 0.15) is 0 Å². The Balaban J connectivity index is 1.60. The van der Waals surface area contributed by atoms with Crippen LogP contribution in [-0.2, 0) is 0 Å². The lowest BCUT2D eigenvalue weighted by Gasteiger charge is -2.20. The highest BCUT2D eigenvalue weighted by molar-refractivity contribution is 5.64. The predicted molar refractivity (Wildman–Crippen MR) is 113 cm³/mol. The Morgan fingerprint density at radius 1 is 1.31 bits per heavy atom. The molecule has 2 aromatic heterocycles. The summed E-state index contributed by atoms with van der Waals surface area (Å²) in [6.45, 7) is 3.09. The van der Waals surface area contributed by atoms with Crippen LogP contribution in [0, 0.1) is 11.3 Å². The van der Waals surface area contributed by atoms with Crippen molar-refractivity contribution < 1.29 is 22.3 Å². The molecule has 2 saturated carbocycles. The van der Waals surface area contributed by atoms with Crippen molar-refractivity contribution in [1.29, 1.82) is 0 Å². The van der Waals surface area contributed by atoms with E-state index in [1.807, 2.05) is 10.7 Å². The van der Waals surface area contributed by atoms with Gasteiger partial charge in [-0.3, -0.25) is 4.68 Å². The lowest BCUT2D eigenvalue weighted by molar-refractivity contribution is -0.0494. The van der Waals surface area contributed by atoms with E-state index < -0.39 is 13.0 Å². The van der Waals surface area contributed by atoms with Crippen molar-refractivity contribution in [2.45, 2.75) is 71.1 Å². The van der Waals surface area contributed by atoms with Crippen molar-refractivity contribution in [3.05, 3.63) is 24.0 Å².